The van der Waals surface area contributed by atoms with Gasteiger partial charge in [0.05, 0.1) is 29.8 Å². The monoisotopic (exact) mass is 575 g/mol. The second kappa shape index (κ2) is 12.3. The predicted octanol–water partition coefficient (Wildman–Crippen LogP) is 8.29. The molecule has 0 N–H and O–H groups in total. The maximum Gasteiger partial charge on any atom is 0.410 e. The van der Waals surface area contributed by atoms with Crippen molar-refractivity contribution in [1.29, 1.82) is 0 Å². The van der Waals surface area contributed by atoms with Crippen molar-refractivity contribution in [1.82, 2.24) is 4.90 Å². The number of rotatable bonds is 7. The van der Waals surface area contributed by atoms with Crippen LogP contribution >= 0.6 is 34.8 Å². The molecule has 38 heavy (non-hydrogen) atoms. The van der Waals surface area contributed by atoms with Gasteiger partial charge in [-0.25, -0.2) is 4.79 Å². The minimum Gasteiger partial charge on any atom is -0.444 e. The van der Waals surface area contributed by atoms with Crippen LogP contribution in [0.2, 0.25) is 15.1 Å². The van der Waals surface area contributed by atoms with E-state index in [0.717, 1.165) is 16.7 Å². The molecule has 0 unspecified atom stereocenters. The molecule has 1 aliphatic rings. The van der Waals surface area contributed by atoms with Gasteiger partial charge < -0.3 is 19.1 Å². The molecular weight excluding hydrogens is 545 g/mol. The zero-order valence-corrected chi connectivity index (χ0v) is 24.0. The molecule has 3 aromatic carbocycles. The Balaban J connectivity index is 1.68. The first-order chi connectivity index (χ1) is 18.1. The smallest absolute Gasteiger partial charge is 0.410 e. The lowest BCUT2D eigenvalue weighted by atomic mass is 9.81. The molecule has 2 atom stereocenters. The summed E-state index contributed by atoms with van der Waals surface area (Å²) in [5, 5.41) is 1.56. The molecule has 0 spiro atoms. The standard InChI is InChI=1S/C30H32Cl3NO4/c1-29(2,3)38-28(35)34-16-15-30(23-10-12-24(31)13-11-23,37-20-21-7-5-4-6-8-21)27(18-34)36-19-22-9-14-25(32)26(33)17-22/h4-14,17,27H,15-16,18-20H2,1-3H3/t27-,30-/m1/s1. The van der Waals surface area contributed by atoms with E-state index < -0.39 is 17.3 Å². The van der Waals surface area contributed by atoms with Crippen molar-refractivity contribution in [2.24, 2.45) is 0 Å². The summed E-state index contributed by atoms with van der Waals surface area (Å²) in [6.07, 6.45) is -0.385. The quantitative estimate of drug-likeness (QED) is 0.284. The first kappa shape index (κ1) is 28.7. The van der Waals surface area contributed by atoms with Crippen LogP contribution in [0.15, 0.2) is 72.8 Å². The number of hydrogen-bond acceptors (Lipinski definition) is 4. The maximum absolute atomic E-state index is 13.0. The fourth-order valence-electron chi connectivity index (χ4n) is 4.50. The Morgan fingerprint density at radius 3 is 2.29 bits per heavy atom. The van der Waals surface area contributed by atoms with E-state index >= 15 is 0 Å². The Hall–Kier alpha value is -2.28. The lowest BCUT2D eigenvalue weighted by Crippen LogP contribution is -2.57. The van der Waals surface area contributed by atoms with Crippen molar-refractivity contribution in [2.45, 2.75) is 57.7 Å². The first-order valence-corrected chi connectivity index (χ1v) is 13.7. The zero-order chi connectivity index (χ0) is 27.3. The topological polar surface area (TPSA) is 48.0 Å². The SMILES string of the molecule is CC(C)(C)OC(=O)N1CC[C@@](OCc2ccccc2)(c2ccc(Cl)cc2)[C@H](OCc2ccc(Cl)c(Cl)c2)C1. The van der Waals surface area contributed by atoms with E-state index in [9.17, 15) is 4.79 Å². The number of nitrogens with zero attached hydrogens (tertiary/aromatic N) is 1. The van der Waals surface area contributed by atoms with Crippen LogP contribution in [0.5, 0.6) is 0 Å². The van der Waals surface area contributed by atoms with Gasteiger partial charge in [0.25, 0.3) is 0 Å². The number of carbonyl (C=O) groups is 1. The lowest BCUT2D eigenvalue weighted by molar-refractivity contribution is -0.191. The predicted molar refractivity (Wildman–Crippen MR) is 152 cm³/mol. The third-order valence-corrected chi connectivity index (χ3v) is 7.41. The Kier molecular flexibility index (Phi) is 9.27. The molecule has 8 heteroatoms. The summed E-state index contributed by atoms with van der Waals surface area (Å²) in [4.78, 5) is 14.7. The molecule has 202 valence electrons. The number of ether oxygens (including phenoxy) is 3. The van der Waals surface area contributed by atoms with Gasteiger partial charge in [-0.15, -0.1) is 0 Å². The fraction of sp³-hybridized carbons (Fsp3) is 0.367. The van der Waals surface area contributed by atoms with E-state index in [-0.39, 0.29) is 19.2 Å². The zero-order valence-electron chi connectivity index (χ0n) is 21.8. The Morgan fingerprint density at radius 2 is 1.63 bits per heavy atom. The number of amides is 1. The van der Waals surface area contributed by atoms with E-state index in [2.05, 4.69) is 0 Å². The number of likely N-dealkylation sites (tertiary alicyclic amines) is 1. The van der Waals surface area contributed by atoms with E-state index in [1.807, 2.05) is 81.4 Å². The molecule has 1 aliphatic heterocycles. The van der Waals surface area contributed by atoms with Crippen molar-refractivity contribution in [3.63, 3.8) is 0 Å². The summed E-state index contributed by atoms with van der Waals surface area (Å²) in [5.41, 5.74) is 1.39. The van der Waals surface area contributed by atoms with E-state index in [1.165, 1.54) is 0 Å². The fourth-order valence-corrected chi connectivity index (χ4v) is 4.95. The average molecular weight is 577 g/mol. The van der Waals surface area contributed by atoms with Crippen molar-refractivity contribution in [3.05, 3.63) is 105 Å². The normalized spacial score (nSPS) is 19.8. The van der Waals surface area contributed by atoms with Gasteiger partial charge in [0.1, 0.15) is 17.3 Å². The molecular formula is C30H32Cl3NO4. The van der Waals surface area contributed by atoms with Gasteiger partial charge in [-0.05, 0) is 61.7 Å². The third kappa shape index (κ3) is 7.22. The van der Waals surface area contributed by atoms with Crippen LogP contribution in [0.3, 0.4) is 0 Å². The first-order valence-electron chi connectivity index (χ1n) is 12.5. The summed E-state index contributed by atoms with van der Waals surface area (Å²) in [5.74, 6) is 0. The molecule has 0 saturated carbocycles. The van der Waals surface area contributed by atoms with Gasteiger partial charge in [-0.3, -0.25) is 0 Å². The van der Waals surface area contributed by atoms with Gasteiger partial charge >= 0.3 is 6.09 Å². The molecule has 0 aliphatic carbocycles. The Morgan fingerprint density at radius 1 is 0.921 bits per heavy atom. The van der Waals surface area contributed by atoms with Gasteiger partial charge in [0, 0.05) is 18.0 Å². The van der Waals surface area contributed by atoms with Crippen molar-refractivity contribution in [2.75, 3.05) is 13.1 Å². The number of halogens is 3. The van der Waals surface area contributed by atoms with Crippen LogP contribution < -0.4 is 0 Å². The summed E-state index contributed by atoms with van der Waals surface area (Å²) in [6.45, 7) is 6.93. The highest BCUT2D eigenvalue weighted by molar-refractivity contribution is 6.42. The second-order valence-electron chi connectivity index (χ2n) is 10.4. The molecule has 3 aromatic rings. The molecule has 1 fully saturated rings. The third-order valence-electron chi connectivity index (χ3n) is 6.42. The van der Waals surface area contributed by atoms with Crippen LogP contribution in [0.4, 0.5) is 4.79 Å². The maximum atomic E-state index is 13.0. The number of benzene rings is 3. The molecule has 4 rings (SSSR count). The summed E-state index contributed by atoms with van der Waals surface area (Å²) in [6, 6.07) is 23.0. The lowest BCUT2D eigenvalue weighted by Gasteiger charge is -2.47. The molecule has 0 aromatic heterocycles. The largest absolute Gasteiger partial charge is 0.444 e. The van der Waals surface area contributed by atoms with Crippen molar-refractivity contribution >= 4 is 40.9 Å². The van der Waals surface area contributed by atoms with E-state index in [0.29, 0.717) is 34.6 Å². The molecule has 5 nitrogen and oxygen atoms in total. The molecule has 1 heterocycles. The highest BCUT2D eigenvalue weighted by Gasteiger charge is 2.48. The van der Waals surface area contributed by atoms with Gasteiger partial charge in [0.2, 0.25) is 0 Å². The van der Waals surface area contributed by atoms with Crippen LogP contribution in [-0.2, 0) is 33.0 Å². The minimum absolute atomic E-state index is 0.258. The number of hydrogen-bond donors (Lipinski definition) is 0. The van der Waals surface area contributed by atoms with Crippen LogP contribution in [0.25, 0.3) is 0 Å². The van der Waals surface area contributed by atoms with E-state index in [1.54, 1.807) is 17.0 Å². The molecule has 0 bridgehead atoms. The second-order valence-corrected chi connectivity index (χ2v) is 11.6. The van der Waals surface area contributed by atoms with E-state index in [4.69, 9.17) is 49.0 Å². The molecule has 1 saturated heterocycles. The highest BCUT2D eigenvalue weighted by atomic mass is 35.5. The van der Waals surface area contributed by atoms with Crippen LogP contribution in [0.1, 0.15) is 43.9 Å². The summed E-state index contributed by atoms with van der Waals surface area (Å²) in [7, 11) is 0. The van der Waals surface area contributed by atoms with Gasteiger partial charge in [0.15, 0.2) is 0 Å². The highest BCUT2D eigenvalue weighted by Crippen LogP contribution is 2.41. The van der Waals surface area contributed by atoms with Crippen molar-refractivity contribution in [3.8, 4) is 0 Å². The Labute approximate surface area is 239 Å². The minimum atomic E-state index is -0.838. The summed E-state index contributed by atoms with van der Waals surface area (Å²) >= 11 is 18.6. The van der Waals surface area contributed by atoms with Gasteiger partial charge in [-0.2, -0.15) is 0 Å². The number of piperidine rings is 1. The molecule has 0 radical (unpaired) electrons. The Bertz CT molecular complexity index is 1230. The summed E-state index contributed by atoms with van der Waals surface area (Å²) < 4.78 is 19.0. The van der Waals surface area contributed by atoms with Crippen molar-refractivity contribution < 1.29 is 19.0 Å². The number of carbonyl (C=O) groups excluding carboxylic acids is 1. The van der Waals surface area contributed by atoms with Gasteiger partial charge in [-0.1, -0.05) is 83.3 Å². The van der Waals surface area contributed by atoms with Crippen LogP contribution in [-0.4, -0.2) is 35.8 Å². The van der Waals surface area contributed by atoms with Crippen LogP contribution in [0, 0.1) is 0 Å². The average Bonchev–Trinajstić information content (AvgIpc) is 2.88. The molecule has 1 amide bonds.